The fourth-order valence-electron chi connectivity index (χ4n) is 3.14. The van der Waals surface area contributed by atoms with Gasteiger partial charge in [0.15, 0.2) is 0 Å². The standard InChI is InChI=1S/C21H26ClN3O2/c1-4-21(5-2,15-10-12-16(22)13-11-15)19(26)24-17-8-7-9-18(14-17)25-20(27)23-6-3/h7-14H,4-6H2,1-3H3,(H,24,26)(H2,23,25,27). The molecule has 2 rings (SSSR count). The first-order valence-electron chi connectivity index (χ1n) is 9.17. The van der Waals surface area contributed by atoms with Gasteiger partial charge in [0.2, 0.25) is 5.91 Å². The van der Waals surface area contributed by atoms with Gasteiger partial charge in [0.1, 0.15) is 0 Å². The third-order valence-electron chi connectivity index (χ3n) is 4.75. The summed E-state index contributed by atoms with van der Waals surface area (Å²) >= 11 is 6.00. The average molecular weight is 388 g/mol. The largest absolute Gasteiger partial charge is 0.338 e. The zero-order chi connectivity index (χ0) is 19.9. The third kappa shape index (κ3) is 5.01. The van der Waals surface area contributed by atoms with Crippen molar-refractivity contribution >= 4 is 34.9 Å². The van der Waals surface area contributed by atoms with E-state index in [0.29, 0.717) is 35.8 Å². The maximum atomic E-state index is 13.2. The van der Waals surface area contributed by atoms with E-state index < -0.39 is 5.41 Å². The molecule has 0 saturated heterocycles. The van der Waals surface area contributed by atoms with Crippen molar-refractivity contribution in [1.29, 1.82) is 0 Å². The Morgan fingerprint density at radius 2 is 1.52 bits per heavy atom. The number of hydrogen-bond acceptors (Lipinski definition) is 2. The molecule has 0 aliphatic rings. The predicted octanol–water partition coefficient (Wildman–Crippen LogP) is 5.18. The van der Waals surface area contributed by atoms with Crippen LogP contribution in [0.5, 0.6) is 0 Å². The van der Waals surface area contributed by atoms with E-state index in [4.69, 9.17) is 11.6 Å². The summed E-state index contributed by atoms with van der Waals surface area (Å²) < 4.78 is 0. The quantitative estimate of drug-likeness (QED) is 0.612. The van der Waals surface area contributed by atoms with Gasteiger partial charge in [-0.2, -0.15) is 0 Å². The highest BCUT2D eigenvalue weighted by Crippen LogP contribution is 2.34. The van der Waals surface area contributed by atoms with Crippen molar-refractivity contribution in [3.05, 3.63) is 59.1 Å². The summed E-state index contributed by atoms with van der Waals surface area (Å²) in [5.74, 6) is -0.0787. The number of halogens is 1. The van der Waals surface area contributed by atoms with Crippen molar-refractivity contribution in [2.75, 3.05) is 17.2 Å². The number of hydrogen-bond donors (Lipinski definition) is 3. The van der Waals surface area contributed by atoms with Crippen LogP contribution in [0.4, 0.5) is 16.2 Å². The molecule has 0 aliphatic carbocycles. The van der Waals surface area contributed by atoms with Gasteiger partial charge in [0, 0.05) is 22.9 Å². The summed E-state index contributed by atoms with van der Waals surface area (Å²) in [6, 6.07) is 14.3. The smallest absolute Gasteiger partial charge is 0.319 e. The van der Waals surface area contributed by atoms with E-state index in [2.05, 4.69) is 16.0 Å². The molecule has 0 radical (unpaired) electrons. The van der Waals surface area contributed by atoms with Gasteiger partial charge in [-0.1, -0.05) is 43.6 Å². The lowest BCUT2D eigenvalue weighted by atomic mass is 9.75. The molecule has 5 nitrogen and oxygen atoms in total. The van der Waals surface area contributed by atoms with E-state index in [1.54, 1.807) is 36.4 Å². The highest BCUT2D eigenvalue weighted by atomic mass is 35.5. The molecule has 0 spiro atoms. The first-order chi connectivity index (χ1) is 12.9. The van der Waals surface area contributed by atoms with E-state index in [1.807, 2.05) is 32.9 Å². The highest BCUT2D eigenvalue weighted by Gasteiger charge is 2.36. The van der Waals surface area contributed by atoms with E-state index in [1.165, 1.54) is 0 Å². The minimum atomic E-state index is -0.645. The van der Waals surface area contributed by atoms with Gasteiger partial charge in [-0.25, -0.2) is 4.79 Å². The molecule has 3 N–H and O–H groups in total. The lowest BCUT2D eigenvalue weighted by Crippen LogP contribution is -2.39. The maximum Gasteiger partial charge on any atom is 0.319 e. The van der Waals surface area contributed by atoms with E-state index >= 15 is 0 Å². The zero-order valence-electron chi connectivity index (χ0n) is 15.9. The van der Waals surface area contributed by atoms with Crippen molar-refractivity contribution in [1.82, 2.24) is 5.32 Å². The predicted molar refractivity (Wildman–Crippen MR) is 111 cm³/mol. The Balaban J connectivity index is 2.23. The summed E-state index contributed by atoms with van der Waals surface area (Å²) in [5, 5.41) is 9.06. The van der Waals surface area contributed by atoms with E-state index in [-0.39, 0.29) is 11.9 Å². The van der Waals surface area contributed by atoms with Crippen LogP contribution in [0.2, 0.25) is 5.02 Å². The number of nitrogens with one attached hydrogen (secondary N) is 3. The van der Waals surface area contributed by atoms with Crippen LogP contribution in [-0.4, -0.2) is 18.5 Å². The molecule has 0 unspecified atom stereocenters. The number of carbonyl (C=O) groups is 2. The van der Waals surface area contributed by atoms with Crippen LogP contribution in [0.25, 0.3) is 0 Å². The molecule has 6 heteroatoms. The van der Waals surface area contributed by atoms with E-state index in [0.717, 1.165) is 5.56 Å². The molecule has 2 aromatic carbocycles. The summed E-state index contributed by atoms with van der Waals surface area (Å²) in [6.45, 7) is 6.40. The molecular formula is C21H26ClN3O2. The Bertz CT molecular complexity index is 786. The van der Waals surface area contributed by atoms with Gasteiger partial charge in [0.05, 0.1) is 5.41 Å². The molecule has 0 saturated carbocycles. The Morgan fingerprint density at radius 3 is 2.07 bits per heavy atom. The third-order valence-corrected chi connectivity index (χ3v) is 5.01. The molecule has 0 fully saturated rings. The molecule has 0 bridgehead atoms. The molecule has 3 amide bonds. The van der Waals surface area contributed by atoms with Gasteiger partial charge in [0.25, 0.3) is 0 Å². The van der Waals surface area contributed by atoms with Gasteiger partial charge >= 0.3 is 6.03 Å². The first kappa shape index (κ1) is 20.8. The van der Waals surface area contributed by atoms with Gasteiger partial charge in [-0.05, 0) is 55.7 Å². The lowest BCUT2D eigenvalue weighted by molar-refractivity contribution is -0.121. The number of urea groups is 1. The molecule has 0 aliphatic heterocycles. The average Bonchev–Trinajstić information content (AvgIpc) is 2.65. The molecule has 27 heavy (non-hydrogen) atoms. The van der Waals surface area contributed by atoms with Crippen LogP contribution in [0.15, 0.2) is 48.5 Å². The molecule has 2 aromatic rings. The first-order valence-corrected chi connectivity index (χ1v) is 9.55. The van der Waals surface area contributed by atoms with Gasteiger partial charge < -0.3 is 16.0 Å². The molecular weight excluding hydrogens is 362 g/mol. The number of benzene rings is 2. The SMILES string of the molecule is CCNC(=O)Nc1cccc(NC(=O)C(CC)(CC)c2ccc(Cl)cc2)c1. The van der Waals surface area contributed by atoms with Crippen LogP contribution in [0, 0.1) is 0 Å². The number of carbonyl (C=O) groups excluding carboxylic acids is 2. The van der Waals surface area contributed by atoms with Crippen LogP contribution in [0.1, 0.15) is 39.2 Å². The van der Waals surface area contributed by atoms with Crippen molar-refractivity contribution in [3.63, 3.8) is 0 Å². The fraction of sp³-hybridized carbons (Fsp3) is 0.333. The zero-order valence-corrected chi connectivity index (χ0v) is 16.7. The molecule has 0 aromatic heterocycles. The number of rotatable bonds is 7. The van der Waals surface area contributed by atoms with Crippen molar-refractivity contribution < 1.29 is 9.59 Å². The molecule has 0 heterocycles. The fourth-order valence-corrected chi connectivity index (χ4v) is 3.27. The summed E-state index contributed by atoms with van der Waals surface area (Å²) in [6.07, 6.45) is 1.32. The highest BCUT2D eigenvalue weighted by molar-refractivity contribution is 6.30. The normalized spacial score (nSPS) is 11.0. The van der Waals surface area contributed by atoms with Crippen molar-refractivity contribution in [2.24, 2.45) is 0 Å². The van der Waals surface area contributed by atoms with Gasteiger partial charge in [-0.15, -0.1) is 0 Å². The Labute approximate surface area is 165 Å². The minimum Gasteiger partial charge on any atom is -0.338 e. The Morgan fingerprint density at radius 1 is 0.926 bits per heavy atom. The monoisotopic (exact) mass is 387 g/mol. The summed E-state index contributed by atoms with van der Waals surface area (Å²) in [5.41, 5.74) is 1.54. The second-order valence-electron chi connectivity index (χ2n) is 6.32. The maximum absolute atomic E-state index is 13.2. The number of amides is 3. The second-order valence-corrected chi connectivity index (χ2v) is 6.75. The topological polar surface area (TPSA) is 70.2 Å². The lowest BCUT2D eigenvalue weighted by Gasteiger charge is -2.31. The van der Waals surface area contributed by atoms with Crippen molar-refractivity contribution in [2.45, 2.75) is 39.0 Å². The van der Waals surface area contributed by atoms with Crippen molar-refractivity contribution in [3.8, 4) is 0 Å². The van der Waals surface area contributed by atoms with Crippen LogP contribution in [0.3, 0.4) is 0 Å². The summed E-state index contributed by atoms with van der Waals surface area (Å²) in [4.78, 5) is 24.9. The molecule has 0 atom stereocenters. The Hall–Kier alpha value is -2.53. The molecule has 144 valence electrons. The van der Waals surface area contributed by atoms with Crippen LogP contribution >= 0.6 is 11.6 Å². The van der Waals surface area contributed by atoms with Gasteiger partial charge in [-0.3, -0.25) is 4.79 Å². The summed E-state index contributed by atoms with van der Waals surface area (Å²) in [7, 11) is 0. The Kier molecular flexibility index (Phi) is 7.25. The minimum absolute atomic E-state index is 0.0787. The van der Waals surface area contributed by atoms with Crippen LogP contribution < -0.4 is 16.0 Å². The van der Waals surface area contributed by atoms with E-state index in [9.17, 15) is 9.59 Å². The second kappa shape index (κ2) is 9.42. The number of anilines is 2. The van der Waals surface area contributed by atoms with Crippen LogP contribution in [-0.2, 0) is 10.2 Å².